The van der Waals surface area contributed by atoms with Gasteiger partial charge in [0, 0.05) is 69.2 Å². The minimum atomic E-state index is -0.988. The summed E-state index contributed by atoms with van der Waals surface area (Å²) < 4.78 is 55.4. The van der Waals surface area contributed by atoms with Crippen molar-refractivity contribution in [3.8, 4) is 11.4 Å². The predicted octanol–water partition coefficient (Wildman–Crippen LogP) is 2.55. The third-order valence-corrected chi connectivity index (χ3v) is 7.23. The Morgan fingerprint density at radius 1 is 0.759 bits per heavy atom. The Morgan fingerprint density at radius 2 is 1.17 bits per heavy atom. The second-order valence-corrected chi connectivity index (χ2v) is 11.5. The summed E-state index contributed by atoms with van der Waals surface area (Å²) in [6.45, 7) is 8.16. The van der Waals surface area contributed by atoms with Crippen LogP contribution in [0.15, 0.2) is 92.2 Å². The van der Waals surface area contributed by atoms with Gasteiger partial charge in [-0.25, -0.2) is 32.5 Å². The first-order chi connectivity index (χ1) is 26.6. The maximum absolute atomic E-state index is 13.8. The summed E-state index contributed by atoms with van der Waals surface area (Å²) in [5.74, 6) is -3.35. The molecule has 3 aromatic carbocycles. The van der Waals surface area contributed by atoms with E-state index in [0.717, 1.165) is 29.2 Å². The van der Waals surface area contributed by atoms with E-state index in [4.69, 9.17) is 10.1 Å². The van der Waals surface area contributed by atoms with E-state index in [-0.39, 0.29) is 139 Å². The molecule has 0 spiro atoms. The van der Waals surface area contributed by atoms with E-state index in [1.54, 1.807) is 71.0 Å². The van der Waals surface area contributed by atoms with Crippen molar-refractivity contribution >= 4 is 68.0 Å². The Kier molecular flexibility index (Phi) is 32.1. The minimum absolute atomic E-state index is 0. The molecule has 0 amide bonds. The van der Waals surface area contributed by atoms with Crippen molar-refractivity contribution in [2.45, 2.75) is 34.6 Å². The molecule has 21 heteroatoms. The summed E-state index contributed by atoms with van der Waals surface area (Å²) >= 11 is 8.56. The topological polar surface area (TPSA) is 165 Å². The van der Waals surface area contributed by atoms with Crippen molar-refractivity contribution in [3.05, 3.63) is 149 Å². The molecular weight excluding hydrogens is 1020 g/mol. The molecule has 0 fully saturated rings. The summed E-state index contributed by atoms with van der Waals surface area (Å²) in [5.41, 5.74) is 4.43. The molecule has 1 N–H and O–H groups in total. The quantitative estimate of drug-likeness (QED) is 0.0482. The van der Waals surface area contributed by atoms with Gasteiger partial charge in [0.1, 0.15) is 11.6 Å². The molecule has 0 aliphatic heterocycles. The van der Waals surface area contributed by atoms with Gasteiger partial charge in [0.15, 0.2) is 29.0 Å². The zero-order valence-corrected chi connectivity index (χ0v) is 43.3. The largest absolute Gasteiger partial charge is 1.00 e. The van der Waals surface area contributed by atoms with Crippen LogP contribution in [-0.2, 0) is 9.68 Å². The summed E-state index contributed by atoms with van der Waals surface area (Å²) in [4.78, 5) is 59.0. The van der Waals surface area contributed by atoms with Gasteiger partial charge in [-0.1, -0.05) is 15.9 Å². The van der Waals surface area contributed by atoms with Crippen LogP contribution in [0.4, 0.5) is 17.6 Å². The third kappa shape index (κ3) is 21.1. The number of aromatic amines is 1. The SMILES string of the molecule is BrBr.CC(=O)c1ccc(-n2cnc(C)c2)c(F)c1.CC(=O)c1ccc(F)c(F)c1.Cc1cn(-c2ccc(C(=O)CBr)cc2F)cn1.Cc1cnc[nH]1.O=CO[O-].[H-].[K+].[K+]. The molecule has 0 atom stereocenters. The second-order valence-electron chi connectivity index (χ2n) is 10.9. The van der Waals surface area contributed by atoms with E-state index >= 15 is 0 Å². The van der Waals surface area contributed by atoms with Crippen molar-refractivity contribution < 1.29 is 151 Å². The zero-order chi connectivity index (χ0) is 42.4. The van der Waals surface area contributed by atoms with Crippen molar-refractivity contribution in [1.82, 2.24) is 29.1 Å². The van der Waals surface area contributed by atoms with Gasteiger partial charge >= 0.3 is 103 Å². The molecule has 300 valence electrons. The number of benzene rings is 3. The molecule has 0 aliphatic rings. The Morgan fingerprint density at radius 3 is 1.47 bits per heavy atom. The second kappa shape index (κ2) is 32.0. The number of nitrogens with one attached hydrogen (secondary N) is 1. The van der Waals surface area contributed by atoms with Gasteiger partial charge in [0.25, 0.3) is 6.47 Å². The maximum atomic E-state index is 13.8. The maximum Gasteiger partial charge on any atom is 1.00 e. The summed E-state index contributed by atoms with van der Waals surface area (Å²) in [6, 6.07) is 11.9. The normalized spacial score (nSPS) is 9.19. The van der Waals surface area contributed by atoms with Crippen LogP contribution >= 0.6 is 44.2 Å². The first kappa shape index (κ1) is 58.3. The van der Waals surface area contributed by atoms with Crippen LogP contribution in [-0.4, -0.2) is 58.2 Å². The number of alkyl halides is 1. The van der Waals surface area contributed by atoms with Crippen LogP contribution in [0.3, 0.4) is 0 Å². The van der Waals surface area contributed by atoms with Crippen molar-refractivity contribution in [3.63, 3.8) is 0 Å². The Labute approximate surface area is 442 Å². The average molecular weight is 1050 g/mol. The number of aromatic nitrogens is 6. The number of hydrogen-bond acceptors (Lipinski definition) is 9. The standard InChI is InChI=1S/C12H10BrFN2O.C12H11FN2O.C8H6F2O.C4H6N2.CH2O3.Br2.2K.H/c1-8-6-16(7-15-8)11-3-2-9(4-10(11)14)12(17)5-13;1-8-6-15(7-14-8)12-4-3-10(9(2)16)5-11(12)13;1-5(11)6-2-3-7(9)8(10)4-6;1-4-2-5-3-6-4;2-1-4-3;1-2;;;/h2-4,6-7H,5H2,1H3;3-7H,1-2H3;2-4H,1H3;2-3H,1H3,(H,5,6);1,3H;;;;/q;;;;;;2*+1;-1/p-1. The van der Waals surface area contributed by atoms with Crippen LogP contribution in [0.1, 0.15) is 63.4 Å². The van der Waals surface area contributed by atoms with E-state index in [9.17, 15) is 31.9 Å². The van der Waals surface area contributed by atoms with E-state index in [1.165, 1.54) is 32.0 Å². The van der Waals surface area contributed by atoms with E-state index < -0.39 is 23.3 Å². The molecule has 0 unspecified atom stereocenters. The van der Waals surface area contributed by atoms with Gasteiger partial charge in [-0.3, -0.25) is 19.2 Å². The molecule has 12 nitrogen and oxygen atoms in total. The van der Waals surface area contributed by atoms with Crippen LogP contribution < -0.4 is 108 Å². The minimum Gasteiger partial charge on any atom is -1.00 e. The number of rotatable bonds is 7. The zero-order valence-electron chi connectivity index (χ0n) is 33.3. The van der Waals surface area contributed by atoms with Crippen molar-refractivity contribution in [2.75, 3.05) is 5.33 Å². The molecule has 0 aliphatic carbocycles. The molecule has 3 heterocycles. The van der Waals surface area contributed by atoms with Crippen LogP contribution in [0.2, 0.25) is 0 Å². The summed E-state index contributed by atoms with van der Waals surface area (Å²) in [5, 5.41) is 8.62. The van der Waals surface area contributed by atoms with E-state index in [2.05, 4.69) is 69.0 Å². The number of hydrogen-bond donors (Lipinski definition) is 1. The van der Waals surface area contributed by atoms with E-state index in [0.29, 0.717) is 22.5 Å². The number of nitrogens with zero attached hydrogens (tertiary/aromatic N) is 5. The molecule has 58 heavy (non-hydrogen) atoms. The molecule has 6 rings (SSSR count). The number of ketones is 3. The third-order valence-electron chi connectivity index (χ3n) is 6.73. The number of aryl methyl sites for hydroxylation is 3. The van der Waals surface area contributed by atoms with Crippen LogP contribution in [0, 0.1) is 44.0 Å². The Bertz CT molecular complexity index is 2180. The van der Waals surface area contributed by atoms with Gasteiger partial charge in [0.2, 0.25) is 0 Å². The molecule has 6 aromatic rings. The first-order valence-electron chi connectivity index (χ1n) is 15.6. The van der Waals surface area contributed by atoms with Gasteiger partial charge in [0.05, 0.1) is 47.1 Å². The molecule has 0 radical (unpaired) electrons. The first-order valence-corrected chi connectivity index (χ1v) is 20.4. The Hall–Kier alpha value is -1.84. The predicted molar refractivity (Wildman–Crippen MR) is 210 cm³/mol. The molecular formula is C37H35Br3F4K2N6O6. The smallest absolute Gasteiger partial charge is 1.00 e. The van der Waals surface area contributed by atoms with Crippen molar-refractivity contribution in [2.24, 2.45) is 0 Å². The van der Waals surface area contributed by atoms with Gasteiger partial charge < -0.3 is 25.7 Å². The summed E-state index contributed by atoms with van der Waals surface area (Å²) in [7, 11) is 0. The molecule has 0 saturated carbocycles. The van der Waals surface area contributed by atoms with E-state index in [1.807, 2.05) is 20.8 Å². The number of carbonyl (C=O) groups excluding carboxylic acids is 4. The fourth-order valence-corrected chi connectivity index (χ4v) is 4.37. The number of halogens is 7. The molecule has 0 saturated heterocycles. The molecule has 0 bridgehead atoms. The van der Waals surface area contributed by atoms with Gasteiger partial charge in [-0.05, 0) is 89.2 Å². The number of carbonyl (C=O) groups is 4. The number of Topliss-reactive ketones (excluding diaryl/α,β-unsaturated/α-hetero) is 3. The molecule has 3 aromatic heterocycles. The van der Waals surface area contributed by atoms with Crippen LogP contribution in [0.5, 0.6) is 0 Å². The van der Waals surface area contributed by atoms with Crippen molar-refractivity contribution in [1.29, 1.82) is 0 Å². The fourth-order valence-electron chi connectivity index (χ4n) is 4.05. The van der Waals surface area contributed by atoms with Crippen LogP contribution in [0.25, 0.3) is 11.4 Å². The van der Waals surface area contributed by atoms with Gasteiger partial charge in [-0.15, -0.1) is 0 Å². The Balaban J connectivity index is -0.000000693. The fraction of sp³-hybridized carbons (Fsp3) is 0.162. The summed E-state index contributed by atoms with van der Waals surface area (Å²) in [6.07, 6.45) is 9.98. The van der Waals surface area contributed by atoms with Gasteiger partial charge in [-0.2, -0.15) is 0 Å². The number of imidazole rings is 3. The average Bonchev–Trinajstić information content (AvgIpc) is 3.96. The monoisotopic (exact) mass is 1050 g/mol. The number of H-pyrrole nitrogens is 1.